The van der Waals surface area contributed by atoms with Gasteiger partial charge in [-0.05, 0) is 48.1 Å². The van der Waals surface area contributed by atoms with E-state index in [0.29, 0.717) is 43.7 Å². The summed E-state index contributed by atoms with van der Waals surface area (Å²) in [6.45, 7) is 3.03. The Morgan fingerprint density at radius 2 is 1.90 bits per heavy atom. The highest BCUT2D eigenvalue weighted by Gasteiger charge is 2.28. The van der Waals surface area contributed by atoms with Crippen molar-refractivity contribution in [3.8, 4) is 0 Å². The molecule has 2 amide bonds. The summed E-state index contributed by atoms with van der Waals surface area (Å²) in [5.41, 5.74) is 9.10. The largest absolute Gasteiger partial charge is 0.365 e. The van der Waals surface area contributed by atoms with Gasteiger partial charge in [0.25, 0.3) is 17.4 Å². The Morgan fingerprint density at radius 3 is 2.58 bits per heavy atom. The van der Waals surface area contributed by atoms with Crippen molar-refractivity contribution >= 4 is 11.8 Å². The molecule has 7 heteroatoms. The predicted molar refractivity (Wildman–Crippen MR) is 117 cm³/mol. The summed E-state index contributed by atoms with van der Waals surface area (Å²) >= 11 is 0. The van der Waals surface area contributed by atoms with Crippen LogP contribution >= 0.6 is 0 Å². The van der Waals surface area contributed by atoms with E-state index >= 15 is 0 Å². The van der Waals surface area contributed by atoms with Crippen LogP contribution in [-0.2, 0) is 25.9 Å². The van der Waals surface area contributed by atoms with Gasteiger partial charge in [-0.1, -0.05) is 36.4 Å². The first-order valence-electron chi connectivity index (χ1n) is 10.2. The molecule has 158 valence electrons. The summed E-state index contributed by atoms with van der Waals surface area (Å²) in [4.78, 5) is 43.9. The van der Waals surface area contributed by atoms with Crippen LogP contribution in [0.2, 0.25) is 0 Å². The van der Waals surface area contributed by atoms with Crippen LogP contribution in [0.25, 0.3) is 0 Å². The molecular weight excluding hydrogens is 392 g/mol. The van der Waals surface area contributed by atoms with E-state index in [1.54, 1.807) is 23.4 Å². The van der Waals surface area contributed by atoms with Crippen molar-refractivity contribution in [2.75, 3.05) is 6.54 Å². The minimum absolute atomic E-state index is 0.0334. The second-order valence-electron chi connectivity index (χ2n) is 7.80. The number of carbonyl (C=O) groups excluding carboxylic acids is 2. The van der Waals surface area contributed by atoms with Crippen molar-refractivity contribution in [2.24, 2.45) is 5.73 Å². The van der Waals surface area contributed by atoms with E-state index in [1.165, 1.54) is 4.57 Å². The Kier molecular flexibility index (Phi) is 5.66. The fourth-order valence-corrected chi connectivity index (χ4v) is 3.96. The SMILES string of the molecule is Cc1ccc(C(=O)N2CCc3c(cn(CCc4ccccc4)c(=O)c3C(N)=O)C2)nc1. The molecule has 3 aromatic rings. The number of benzene rings is 1. The monoisotopic (exact) mass is 416 g/mol. The highest BCUT2D eigenvalue weighted by atomic mass is 16.2. The zero-order valence-corrected chi connectivity index (χ0v) is 17.4. The van der Waals surface area contributed by atoms with Crippen LogP contribution in [0.3, 0.4) is 0 Å². The maximum absolute atomic E-state index is 12.9. The van der Waals surface area contributed by atoms with Crippen LogP contribution in [0.1, 0.15) is 43.1 Å². The molecule has 0 atom stereocenters. The minimum atomic E-state index is -0.727. The van der Waals surface area contributed by atoms with Gasteiger partial charge in [-0.15, -0.1) is 0 Å². The maximum Gasteiger partial charge on any atom is 0.272 e. The molecule has 3 heterocycles. The van der Waals surface area contributed by atoms with Crippen LogP contribution < -0.4 is 11.3 Å². The van der Waals surface area contributed by atoms with Gasteiger partial charge in [0.15, 0.2) is 0 Å². The topological polar surface area (TPSA) is 98.3 Å². The number of pyridine rings is 2. The molecule has 2 N–H and O–H groups in total. The molecule has 0 radical (unpaired) electrons. The molecule has 0 unspecified atom stereocenters. The standard InChI is InChI=1S/C24H24N4O3/c1-16-7-8-20(26-13-16)23(30)27-12-10-19-18(14-27)15-28(24(31)21(19)22(25)29)11-9-17-5-3-2-4-6-17/h2-8,13,15H,9-12,14H2,1H3,(H2,25,29). The molecule has 1 aromatic carbocycles. The van der Waals surface area contributed by atoms with Crippen molar-refractivity contribution in [1.29, 1.82) is 0 Å². The highest BCUT2D eigenvalue weighted by Crippen LogP contribution is 2.22. The van der Waals surface area contributed by atoms with E-state index in [4.69, 9.17) is 5.73 Å². The molecule has 1 aliphatic heterocycles. The number of hydrogen-bond acceptors (Lipinski definition) is 4. The van der Waals surface area contributed by atoms with Crippen molar-refractivity contribution in [1.82, 2.24) is 14.5 Å². The summed E-state index contributed by atoms with van der Waals surface area (Å²) in [5, 5.41) is 0. The van der Waals surface area contributed by atoms with Crippen LogP contribution in [-0.4, -0.2) is 32.8 Å². The summed E-state index contributed by atoms with van der Waals surface area (Å²) in [5.74, 6) is -0.899. The number of amides is 2. The number of rotatable bonds is 5. The van der Waals surface area contributed by atoms with Crippen molar-refractivity contribution in [3.63, 3.8) is 0 Å². The fraction of sp³-hybridized carbons (Fsp3) is 0.250. The van der Waals surface area contributed by atoms with Crippen molar-refractivity contribution in [3.05, 3.63) is 98.7 Å². The van der Waals surface area contributed by atoms with Gasteiger partial charge in [-0.25, -0.2) is 0 Å². The Morgan fingerprint density at radius 1 is 1.13 bits per heavy atom. The third-order valence-electron chi connectivity index (χ3n) is 5.62. The zero-order chi connectivity index (χ0) is 22.0. The average Bonchev–Trinajstić information content (AvgIpc) is 2.78. The summed E-state index contributed by atoms with van der Waals surface area (Å²) in [6.07, 6.45) is 4.47. The van der Waals surface area contributed by atoms with Crippen LogP contribution in [0.15, 0.2) is 59.7 Å². The van der Waals surface area contributed by atoms with Crippen LogP contribution in [0.5, 0.6) is 0 Å². The lowest BCUT2D eigenvalue weighted by molar-refractivity contribution is 0.0728. The summed E-state index contributed by atoms with van der Waals surface area (Å²) in [7, 11) is 0. The third-order valence-corrected chi connectivity index (χ3v) is 5.62. The Hall–Kier alpha value is -3.74. The van der Waals surface area contributed by atoms with Crippen LogP contribution in [0, 0.1) is 6.92 Å². The van der Waals surface area contributed by atoms with E-state index in [9.17, 15) is 14.4 Å². The normalized spacial score (nSPS) is 13.0. The van der Waals surface area contributed by atoms with E-state index in [1.807, 2.05) is 43.3 Å². The molecule has 0 saturated heterocycles. The van der Waals surface area contributed by atoms with Gasteiger partial charge in [0.1, 0.15) is 11.3 Å². The van der Waals surface area contributed by atoms with Crippen LogP contribution in [0.4, 0.5) is 0 Å². The Balaban J connectivity index is 1.64. The molecule has 0 fully saturated rings. The van der Waals surface area contributed by atoms with Gasteiger partial charge in [-0.2, -0.15) is 0 Å². The lowest BCUT2D eigenvalue weighted by Gasteiger charge is -2.30. The van der Waals surface area contributed by atoms with Gasteiger partial charge >= 0.3 is 0 Å². The first-order chi connectivity index (χ1) is 14.9. The molecule has 4 rings (SSSR count). The van der Waals surface area contributed by atoms with Gasteiger partial charge in [-0.3, -0.25) is 19.4 Å². The predicted octanol–water partition coefficient (Wildman–Crippen LogP) is 2.09. The van der Waals surface area contributed by atoms with Crippen molar-refractivity contribution < 1.29 is 9.59 Å². The Bertz CT molecular complexity index is 1180. The Labute approximate surface area is 180 Å². The molecule has 0 spiro atoms. The molecular formula is C24H24N4O3. The number of fused-ring (bicyclic) bond motifs is 1. The number of nitrogens with two attached hydrogens (primary N) is 1. The molecule has 2 aromatic heterocycles. The number of carbonyl (C=O) groups is 2. The summed E-state index contributed by atoms with van der Waals surface area (Å²) < 4.78 is 1.53. The first-order valence-corrected chi connectivity index (χ1v) is 10.2. The van der Waals surface area contributed by atoms with Gasteiger partial charge < -0.3 is 15.2 Å². The number of aromatic nitrogens is 2. The number of aryl methyl sites for hydroxylation is 3. The lowest BCUT2D eigenvalue weighted by Crippen LogP contribution is -2.40. The number of primary amides is 1. The van der Waals surface area contributed by atoms with Gasteiger partial charge in [0.05, 0.1) is 0 Å². The second kappa shape index (κ2) is 8.55. The van der Waals surface area contributed by atoms with Gasteiger partial charge in [0.2, 0.25) is 0 Å². The molecule has 0 bridgehead atoms. The highest BCUT2D eigenvalue weighted by molar-refractivity contribution is 5.95. The second-order valence-corrected chi connectivity index (χ2v) is 7.80. The molecule has 7 nitrogen and oxygen atoms in total. The van der Waals surface area contributed by atoms with E-state index < -0.39 is 5.91 Å². The van der Waals surface area contributed by atoms with E-state index in [0.717, 1.165) is 16.7 Å². The fourth-order valence-electron chi connectivity index (χ4n) is 3.96. The summed E-state index contributed by atoms with van der Waals surface area (Å²) in [6, 6.07) is 13.4. The molecule has 1 aliphatic rings. The molecule has 0 saturated carbocycles. The minimum Gasteiger partial charge on any atom is -0.365 e. The van der Waals surface area contributed by atoms with Crippen molar-refractivity contribution in [2.45, 2.75) is 32.9 Å². The quantitative estimate of drug-likeness (QED) is 0.689. The molecule has 31 heavy (non-hydrogen) atoms. The number of nitrogens with zero attached hydrogens (tertiary/aromatic N) is 3. The molecule has 0 aliphatic carbocycles. The number of hydrogen-bond donors (Lipinski definition) is 1. The maximum atomic E-state index is 12.9. The lowest BCUT2D eigenvalue weighted by atomic mass is 9.95. The third kappa shape index (κ3) is 4.26. The van der Waals surface area contributed by atoms with E-state index in [2.05, 4.69) is 4.98 Å². The zero-order valence-electron chi connectivity index (χ0n) is 17.4. The van der Waals surface area contributed by atoms with E-state index in [-0.39, 0.29) is 17.0 Å². The first kappa shape index (κ1) is 20.5. The smallest absolute Gasteiger partial charge is 0.272 e. The average molecular weight is 416 g/mol. The van der Waals surface area contributed by atoms with Gasteiger partial charge in [0, 0.05) is 32.0 Å².